The Kier molecular flexibility index (Phi) is 5.25. The zero-order valence-electron chi connectivity index (χ0n) is 10.2. The van der Waals surface area contributed by atoms with Crippen LogP contribution in [-0.4, -0.2) is 26.0 Å². The number of likely N-dealkylation sites (N-methyl/N-ethyl adjacent to an activating group) is 2. The van der Waals surface area contributed by atoms with Gasteiger partial charge in [0, 0.05) is 36.4 Å². The van der Waals surface area contributed by atoms with Crippen LogP contribution in [-0.2, 0) is 11.3 Å². The molecule has 0 bridgehead atoms. The zero-order chi connectivity index (χ0) is 12.8. The number of nitrogens with two attached hydrogens (primary N) is 1. The van der Waals surface area contributed by atoms with E-state index in [2.05, 4.69) is 5.32 Å². The summed E-state index contributed by atoms with van der Waals surface area (Å²) in [6.07, 6.45) is 0. The van der Waals surface area contributed by atoms with Gasteiger partial charge in [0.2, 0.25) is 5.91 Å². The van der Waals surface area contributed by atoms with Gasteiger partial charge < -0.3 is 16.0 Å². The maximum atomic E-state index is 11.5. The first-order valence-electron chi connectivity index (χ1n) is 5.55. The first kappa shape index (κ1) is 13.8. The van der Waals surface area contributed by atoms with Crippen molar-refractivity contribution in [2.24, 2.45) is 5.73 Å². The van der Waals surface area contributed by atoms with Crippen molar-refractivity contribution < 1.29 is 4.79 Å². The van der Waals surface area contributed by atoms with E-state index in [0.717, 1.165) is 11.3 Å². The fourth-order valence-electron chi connectivity index (χ4n) is 1.66. The number of nitrogens with zero attached hydrogens (tertiary/aromatic N) is 1. The normalized spacial score (nSPS) is 10.1. The van der Waals surface area contributed by atoms with Crippen molar-refractivity contribution in [1.82, 2.24) is 5.32 Å². The minimum Gasteiger partial charge on any atom is -0.365 e. The van der Waals surface area contributed by atoms with Crippen LogP contribution < -0.4 is 16.0 Å². The van der Waals surface area contributed by atoms with Gasteiger partial charge in [0.15, 0.2) is 0 Å². The molecule has 0 saturated heterocycles. The average molecular weight is 256 g/mol. The minimum absolute atomic E-state index is 0.0158. The molecule has 0 aliphatic heterocycles. The van der Waals surface area contributed by atoms with Crippen LogP contribution in [0.25, 0.3) is 0 Å². The van der Waals surface area contributed by atoms with Crippen LogP contribution in [0.15, 0.2) is 18.2 Å². The predicted molar refractivity (Wildman–Crippen MR) is 71.3 cm³/mol. The minimum atomic E-state index is -0.0158. The number of rotatable bonds is 5. The number of nitrogens with one attached hydrogen (secondary N) is 1. The van der Waals surface area contributed by atoms with Crippen molar-refractivity contribution in [2.75, 3.05) is 25.0 Å². The third kappa shape index (κ3) is 3.61. The molecule has 1 aromatic rings. The molecule has 5 heteroatoms. The van der Waals surface area contributed by atoms with E-state index in [1.54, 1.807) is 6.07 Å². The van der Waals surface area contributed by atoms with E-state index in [1.807, 2.05) is 31.0 Å². The van der Waals surface area contributed by atoms with Crippen molar-refractivity contribution in [3.63, 3.8) is 0 Å². The zero-order valence-corrected chi connectivity index (χ0v) is 10.9. The lowest BCUT2D eigenvalue weighted by Crippen LogP contribution is -2.35. The predicted octanol–water partition coefficient (Wildman–Crippen LogP) is 1.37. The summed E-state index contributed by atoms with van der Waals surface area (Å²) in [4.78, 5) is 13.3. The van der Waals surface area contributed by atoms with Crippen LogP contribution in [0.2, 0.25) is 5.02 Å². The van der Waals surface area contributed by atoms with Gasteiger partial charge >= 0.3 is 0 Å². The van der Waals surface area contributed by atoms with Gasteiger partial charge in [-0.25, -0.2) is 0 Å². The Morgan fingerprint density at radius 2 is 2.24 bits per heavy atom. The highest BCUT2D eigenvalue weighted by Crippen LogP contribution is 2.26. The highest BCUT2D eigenvalue weighted by Gasteiger charge is 2.11. The molecule has 17 heavy (non-hydrogen) atoms. The third-order valence-corrected chi connectivity index (χ3v) is 2.82. The van der Waals surface area contributed by atoms with Crippen molar-refractivity contribution in [1.29, 1.82) is 0 Å². The molecule has 0 atom stereocenters. The molecule has 0 unspecified atom stereocenters. The maximum Gasteiger partial charge on any atom is 0.239 e. The summed E-state index contributed by atoms with van der Waals surface area (Å²) in [6.45, 7) is 3.17. The highest BCUT2D eigenvalue weighted by atomic mass is 35.5. The largest absolute Gasteiger partial charge is 0.365 e. The van der Waals surface area contributed by atoms with Crippen LogP contribution in [0.1, 0.15) is 12.5 Å². The number of amides is 1. The molecule has 0 aliphatic rings. The Morgan fingerprint density at radius 3 is 2.82 bits per heavy atom. The molecule has 0 fully saturated rings. The van der Waals surface area contributed by atoms with Crippen LogP contribution in [0, 0.1) is 0 Å². The second kappa shape index (κ2) is 6.47. The number of halogens is 1. The van der Waals surface area contributed by atoms with Crippen LogP contribution in [0.3, 0.4) is 0 Å². The molecule has 1 aromatic carbocycles. The smallest absolute Gasteiger partial charge is 0.239 e. The Morgan fingerprint density at radius 1 is 1.53 bits per heavy atom. The fraction of sp³-hybridized carbons (Fsp3) is 0.417. The topological polar surface area (TPSA) is 58.4 Å². The SMILES string of the molecule is CCNC(=O)CN(C)c1cccc(Cl)c1CN. The van der Waals surface area contributed by atoms with Gasteiger partial charge in [-0.3, -0.25) is 4.79 Å². The van der Waals surface area contributed by atoms with Gasteiger partial charge in [-0.2, -0.15) is 0 Å². The summed E-state index contributed by atoms with van der Waals surface area (Å²) in [6, 6.07) is 5.56. The van der Waals surface area contributed by atoms with Crippen molar-refractivity contribution in [2.45, 2.75) is 13.5 Å². The summed E-state index contributed by atoms with van der Waals surface area (Å²) in [7, 11) is 1.85. The Bertz CT molecular complexity index is 395. The van der Waals surface area contributed by atoms with Crippen LogP contribution >= 0.6 is 11.6 Å². The fourth-order valence-corrected chi connectivity index (χ4v) is 1.91. The van der Waals surface area contributed by atoms with E-state index in [-0.39, 0.29) is 5.91 Å². The number of hydrogen-bond acceptors (Lipinski definition) is 3. The van der Waals surface area contributed by atoms with E-state index in [9.17, 15) is 4.79 Å². The number of carbonyl (C=O) groups is 1. The summed E-state index contributed by atoms with van der Waals surface area (Å²) in [5.74, 6) is -0.0158. The van der Waals surface area contributed by atoms with Crippen LogP contribution in [0.4, 0.5) is 5.69 Å². The quantitative estimate of drug-likeness (QED) is 0.836. The van der Waals surface area contributed by atoms with Crippen molar-refractivity contribution >= 4 is 23.2 Å². The molecule has 0 spiro atoms. The Hall–Kier alpha value is -1.26. The summed E-state index contributed by atoms with van der Waals surface area (Å²) >= 11 is 6.06. The monoisotopic (exact) mass is 255 g/mol. The highest BCUT2D eigenvalue weighted by molar-refractivity contribution is 6.31. The van der Waals surface area contributed by atoms with Crippen molar-refractivity contribution in [3.05, 3.63) is 28.8 Å². The molecular weight excluding hydrogens is 238 g/mol. The Balaban J connectivity index is 2.85. The van der Waals surface area contributed by atoms with E-state index < -0.39 is 0 Å². The number of hydrogen-bond donors (Lipinski definition) is 2. The van der Waals surface area contributed by atoms with Crippen molar-refractivity contribution in [3.8, 4) is 0 Å². The molecule has 0 heterocycles. The van der Waals surface area contributed by atoms with Gasteiger partial charge in [0.05, 0.1) is 6.54 Å². The van der Waals surface area contributed by atoms with Gasteiger partial charge in [-0.15, -0.1) is 0 Å². The standard InChI is InChI=1S/C12H18ClN3O/c1-3-15-12(17)8-16(2)11-6-4-5-10(13)9(11)7-14/h4-6H,3,7-8,14H2,1-2H3,(H,15,17). The molecule has 3 N–H and O–H groups in total. The molecule has 1 amide bonds. The number of anilines is 1. The van der Waals surface area contributed by atoms with Gasteiger partial charge in [-0.1, -0.05) is 17.7 Å². The lowest BCUT2D eigenvalue weighted by atomic mass is 10.1. The first-order valence-corrected chi connectivity index (χ1v) is 5.93. The van der Waals surface area contributed by atoms with E-state index in [0.29, 0.717) is 24.7 Å². The van der Waals surface area contributed by atoms with Crippen LogP contribution in [0.5, 0.6) is 0 Å². The second-order valence-electron chi connectivity index (χ2n) is 3.75. The third-order valence-electron chi connectivity index (χ3n) is 2.46. The van der Waals surface area contributed by atoms with E-state index in [1.165, 1.54) is 0 Å². The van der Waals surface area contributed by atoms with Gasteiger partial charge in [0.1, 0.15) is 0 Å². The molecular formula is C12H18ClN3O. The second-order valence-corrected chi connectivity index (χ2v) is 4.16. The average Bonchev–Trinajstić information content (AvgIpc) is 2.28. The Labute approximate surface area is 107 Å². The van der Waals surface area contributed by atoms with Gasteiger partial charge in [-0.05, 0) is 19.1 Å². The molecule has 0 radical (unpaired) electrons. The maximum absolute atomic E-state index is 11.5. The summed E-state index contributed by atoms with van der Waals surface area (Å²) in [5, 5.41) is 3.39. The number of benzene rings is 1. The molecule has 1 rings (SSSR count). The molecule has 0 aliphatic carbocycles. The number of carbonyl (C=O) groups excluding carboxylic acids is 1. The lowest BCUT2D eigenvalue weighted by Gasteiger charge is -2.22. The molecule has 94 valence electrons. The molecule has 0 saturated carbocycles. The first-order chi connectivity index (χ1) is 8.10. The molecule has 0 aromatic heterocycles. The van der Waals surface area contributed by atoms with Gasteiger partial charge in [0.25, 0.3) is 0 Å². The lowest BCUT2D eigenvalue weighted by molar-refractivity contribution is -0.119. The molecule has 4 nitrogen and oxygen atoms in total. The summed E-state index contributed by atoms with van der Waals surface area (Å²) in [5.41, 5.74) is 7.42. The summed E-state index contributed by atoms with van der Waals surface area (Å²) < 4.78 is 0. The van der Waals surface area contributed by atoms with E-state index >= 15 is 0 Å². The van der Waals surface area contributed by atoms with E-state index in [4.69, 9.17) is 17.3 Å².